The molecule has 0 saturated carbocycles. The molecular weight excluding hydrogens is 262 g/mol. The average molecular weight is 283 g/mol. The van der Waals surface area contributed by atoms with Gasteiger partial charge in [-0.3, -0.25) is 9.59 Å². The Labute approximate surface area is 118 Å². The van der Waals surface area contributed by atoms with Crippen LogP contribution in [0.1, 0.15) is 26.7 Å². The van der Waals surface area contributed by atoms with E-state index in [1.165, 1.54) is 0 Å². The fraction of sp³-hybridized carbons (Fsp3) is 0.714. The highest BCUT2D eigenvalue weighted by Gasteiger charge is 2.36. The van der Waals surface area contributed by atoms with Crippen molar-refractivity contribution in [2.24, 2.45) is 11.8 Å². The number of nitrogens with one attached hydrogen (secondary N) is 1. The molecule has 6 nitrogen and oxygen atoms in total. The molecule has 0 aromatic heterocycles. The molecule has 1 aliphatic carbocycles. The monoisotopic (exact) mass is 283 g/mol. The third-order valence-corrected chi connectivity index (χ3v) is 3.66. The zero-order chi connectivity index (χ0) is 14.8. The van der Waals surface area contributed by atoms with Crippen molar-refractivity contribution in [3.05, 3.63) is 12.2 Å². The lowest BCUT2D eigenvalue weighted by molar-refractivity contribution is -0.148. The lowest BCUT2D eigenvalue weighted by Gasteiger charge is -2.25. The number of ether oxygens (including phenoxy) is 2. The van der Waals surface area contributed by atoms with Gasteiger partial charge in [0.1, 0.15) is 6.10 Å². The van der Waals surface area contributed by atoms with Crippen LogP contribution < -0.4 is 5.32 Å². The molecule has 112 valence electrons. The number of hydrogen-bond donors (Lipinski definition) is 2. The maximum absolute atomic E-state index is 12.1. The summed E-state index contributed by atoms with van der Waals surface area (Å²) in [7, 11) is 0. The van der Waals surface area contributed by atoms with E-state index in [9.17, 15) is 9.59 Å². The van der Waals surface area contributed by atoms with Crippen molar-refractivity contribution >= 4 is 11.9 Å². The van der Waals surface area contributed by atoms with Gasteiger partial charge in [-0.15, -0.1) is 0 Å². The highest BCUT2D eigenvalue weighted by Crippen LogP contribution is 2.26. The molecule has 0 bridgehead atoms. The predicted molar refractivity (Wildman–Crippen MR) is 70.9 cm³/mol. The molecule has 1 fully saturated rings. The van der Waals surface area contributed by atoms with Crippen LogP contribution in [0, 0.1) is 11.8 Å². The molecule has 2 rings (SSSR count). The van der Waals surface area contributed by atoms with Gasteiger partial charge in [0.05, 0.1) is 18.4 Å². The number of carbonyl (C=O) groups excluding carboxylic acids is 1. The summed E-state index contributed by atoms with van der Waals surface area (Å²) in [5.41, 5.74) is 0. The Balaban J connectivity index is 1.85. The third kappa shape index (κ3) is 3.58. The molecule has 2 N–H and O–H groups in total. The summed E-state index contributed by atoms with van der Waals surface area (Å²) in [6.45, 7) is 4.41. The van der Waals surface area contributed by atoms with E-state index >= 15 is 0 Å². The number of carbonyl (C=O) groups is 2. The van der Waals surface area contributed by atoms with Gasteiger partial charge in [0.15, 0.2) is 5.79 Å². The molecule has 3 atom stereocenters. The smallest absolute Gasteiger partial charge is 0.307 e. The van der Waals surface area contributed by atoms with Gasteiger partial charge in [-0.25, -0.2) is 0 Å². The Morgan fingerprint density at radius 2 is 1.95 bits per heavy atom. The van der Waals surface area contributed by atoms with Gasteiger partial charge in [-0.2, -0.15) is 0 Å². The molecule has 0 aromatic carbocycles. The molecule has 0 aromatic rings. The third-order valence-electron chi connectivity index (χ3n) is 3.66. The summed E-state index contributed by atoms with van der Waals surface area (Å²) < 4.78 is 11.0. The number of amides is 1. The van der Waals surface area contributed by atoms with Gasteiger partial charge in [0, 0.05) is 6.54 Å². The molecule has 6 heteroatoms. The Bertz CT molecular complexity index is 418. The fourth-order valence-corrected chi connectivity index (χ4v) is 2.59. The first-order chi connectivity index (χ1) is 9.39. The van der Waals surface area contributed by atoms with Crippen molar-refractivity contribution in [1.29, 1.82) is 0 Å². The van der Waals surface area contributed by atoms with Crippen molar-refractivity contribution in [1.82, 2.24) is 5.32 Å². The second-order valence-corrected chi connectivity index (χ2v) is 5.69. The van der Waals surface area contributed by atoms with Crippen LogP contribution in [0.2, 0.25) is 0 Å². The molecule has 20 heavy (non-hydrogen) atoms. The Hall–Kier alpha value is -1.40. The minimum Gasteiger partial charge on any atom is -0.481 e. The quantitative estimate of drug-likeness (QED) is 0.749. The average Bonchev–Trinajstić information content (AvgIpc) is 2.75. The van der Waals surface area contributed by atoms with Crippen molar-refractivity contribution in [3.63, 3.8) is 0 Å². The van der Waals surface area contributed by atoms with E-state index in [1.54, 1.807) is 0 Å². The summed E-state index contributed by atoms with van der Waals surface area (Å²) in [5.74, 6) is -2.91. The summed E-state index contributed by atoms with van der Waals surface area (Å²) >= 11 is 0. The topological polar surface area (TPSA) is 84.9 Å². The number of hydrogen-bond acceptors (Lipinski definition) is 4. The van der Waals surface area contributed by atoms with Crippen molar-refractivity contribution in [3.8, 4) is 0 Å². The van der Waals surface area contributed by atoms with Crippen LogP contribution in [0.3, 0.4) is 0 Å². The van der Waals surface area contributed by atoms with E-state index in [2.05, 4.69) is 5.32 Å². The second-order valence-electron chi connectivity index (χ2n) is 5.69. The van der Waals surface area contributed by atoms with E-state index < -0.39 is 23.6 Å². The van der Waals surface area contributed by atoms with E-state index in [0.717, 1.165) is 0 Å². The molecule has 2 aliphatic rings. The van der Waals surface area contributed by atoms with E-state index in [-0.39, 0.29) is 12.0 Å². The van der Waals surface area contributed by atoms with Crippen LogP contribution in [-0.2, 0) is 19.1 Å². The number of carboxylic acid groups (broad SMARTS) is 1. The first kappa shape index (κ1) is 15.0. The highest BCUT2D eigenvalue weighted by atomic mass is 16.7. The SMILES string of the molecule is CC1(C)OCC(CNC(=O)C2CC=CCC2C(=O)O)O1. The Kier molecular flexibility index (Phi) is 4.45. The molecule has 0 radical (unpaired) electrons. The maximum Gasteiger partial charge on any atom is 0.307 e. The molecule has 1 amide bonds. The van der Waals surface area contributed by atoms with Gasteiger partial charge in [0.2, 0.25) is 5.91 Å². The zero-order valence-electron chi connectivity index (χ0n) is 11.8. The van der Waals surface area contributed by atoms with Crippen molar-refractivity contribution < 1.29 is 24.2 Å². The van der Waals surface area contributed by atoms with Crippen LogP contribution in [0.4, 0.5) is 0 Å². The summed E-state index contributed by atoms with van der Waals surface area (Å²) in [5, 5.41) is 11.9. The number of allylic oxidation sites excluding steroid dienone is 2. The largest absolute Gasteiger partial charge is 0.481 e. The van der Waals surface area contributed by atoms with Gasteiger partial charge in [0.25, 0.3) is 0 Å². The van der Waals surface area contributed by atoms with Crippen molar-refractivity contribution in [2.45, 2.75) is 38.6 Å². The maximum atomic E-state index is 12.1. The second kappa shape index (κ2) is 5.93. The fourth-order valence-electron chi connectivity index (χ4n) is 2.59. The molecule has 1 aliphatic heterocycles. The standard InChI is InChI=1S/C14H21NO5/c1-14(2)19-8-9(20-14)7-15-12(16)10-5-3-4-6-11(10)13(17)18/h3-4,9-11H,5-8H2,1-2H3,(H,15,16)(H,17,18). The summed E-state index contributed by atoms with van der Waals surface area (Å²) in [4.78, 5) is 23.3. The molecular formula is C14H21NO5. The van der Waals surface area contributed by atoms with Gasteiger partial charge >= 0.3 is 5.97 Å². The van der Waals surface area contributed by atoms with Gasteiger partial charge in [-0.05, 0) is 26.7 Å². The molecule has 0 spiro atoms. The van der Waals surface area contributed by atoms with Crippen LogP contribution in [-0.4, -0.2) is 42.0 Å². The first-order valence-corrected chi connectivity index (χ1v) is 6.86. The van der Waals surface area contributed by atoms with Gasteiger partial charge in [-0.1, -0.05) is 12.2 Å². The van der Waals surface area contributed by atoms with Gasteiger partial charge < -0.3 is 19.9 Å². The number of rotatable bonds is 4. The van der Waals surface area contributed by atoms with E-state index in [0.29, 0.717) is 26.0 Å². The van der Waals surface area contributed by atoms with E-state index in [1.807, 2.05) is 26.0 Å². The lowest BCUT2D eigenvalue weighted by atomic mass is 9.82. The van der Waals surface area contributed by atoms with Crippen molar-refractivity contribution in [2.75, 3.05) is 13.2 Å². The number of carboxylic acids is 1. The van der Waals surface area contributed by atoms with Crippen LogP contribution in [0.15, 0.2) is 12.2 Å². The highest BCUT2D eigenvalue weighted by molar-refractivity contribution is 5.85. The predicted octanol–water partition coefficient (Wildman–Crippen LogP) is 0.921. The van der Waals surface area contributed by atoms with Crippen LogP contribution in [0.25, 0.3) is 0 Å². The zero-order valence-corrected chi connectivity index (χ0v) is 11.8. The van der Waals surface area contributed by atoms with Crippen LogP contribution in [0.5, 0.6) is 0 Å². The number of aliphatic carboxylic acids is 1. The Morgan fingerprint density at radius 3 is 2.50 bits per heavy atom. The lowest BCUT2D eigenvalue weighted by Crippen LogP contribution is -2.42. The van der Waals surface area contributed by atoms with Crippen LogP contribution >= 0.6 is 0 Å². The summed E-state index contributed by atoms with van der Waals surface area (Å²) in [6.07, 6.45) is 4.37. The minimum absolute atomic E-state index is 0.184. The minimum atomic E-state index is -0.920. The Morgan fingerprint density at radius 1 is 1.30 bits per heavy atom. The first-order valence-electron chi connectivity index (χ1n) is 6.86. The molecule has 1 heterocycles. The van der Waals surface area contributed by atoms with E-state index in [4.69, 9.17) is 14.6 Å². The normalized spacial score (nSPS) is 32.0. The summed E-state index contributed by atoms with van der Waals surface area (Å²) in [6, 6.07) is 0. The molecule has 3 unspecified atom stereocenters. The molecule has 1 saturated heterocycles.